The third kappa shape index (κ3) is 3.40. The number of pyridine rings is 2. The Morgan fingerprint density at radius 1 is 1.00 bits per heavy atom. The fourth-order valence-electron chi connectivity index (χ4n) is 1.97. The van der Waals surface area contributed by atoms with Crippen molar-refractivity contribution in [2.75, 3.05) is 0 Å². The summed E-state index contributed by atoms with van der Waals surface area (Å²) in [7, 11) is 0. The van der Waals surface area contributed by atoms with Gasteiger partial charge >= 0.3 is 5.82 Å². The Labute approximate surface area is 147 Å². The molecule has 0 radical (unpaired) electrons. The van der Waals surface area contributed by atoms with E-state index >= 15 is 0 Å². The Morgan fingerprint density at radius 2 is 1.70 bits per heavy atom. The molecule has 0 aromatic carbocycles. The summed E-state index contributed by atoms with van der Waals surface area (Å²) in [4.78, 5) is 18.0. The van der Waals surface area contributed by atoms with E-state index < -0.39 is 4.92 Å². The van der Waals surface area contributed by atoms with Gasteiger partial charge in [0, 0.05) is 29.1 Å². The Hall–Kier alpha value is -2.26. The van der Waals surface area contributed by atoms with Crippen molar-refractivity contribution in [1.82, 2.24) is 18.8 Å². The molecule has 0 N–H and O–H groups in total. The van der Waals surface area contributed by atoms with E-state index in [9.17, 15) is 10.1 Å². The molecule has 4 heterocycles. The summed E-state index contributed by atoms with van der Waals surface area (Å²) < 4.78 is 5.23. The largest absolute Gasteiger partial charge is 0.358 e. The van der Waals surface area contributed by atoms with E-state index in [-0.39, 0.29) is 5.82 Å². The molecule has 0 saturated carbocycles. The van der Waals surface area contributed by atoms with Crippen molar-refractivity contribution < 1.29 is 4.92 Å². The quantitative estimate of drug-likeness (QED) is 0.331. The first-order valence-corrected chi connectivity index (χ1v) is 7.98. The van der Waals surface area contributed by atoms with Gasteiger partial charge in [0.15, 0.2) is 0 Å². The van der Waals surface area contributed by atoms with Gasteiger partial charge in [0.1, 0.15) is 18.0 Å². The third-order valence-corrected chi connectivity index (χ3v) is 3.93. The second-order valence-electron chi connectivity index (χ2n) is 4.49. The summed E-state index contributed by atoms with van der Waals surface area (Å²) in [5.74, 6) is -0.0312. The van der Waals surface area contributed by atoms with Crippen LogP contribution in [0.5, 0.6) is 0 Å². The number of fused-ring (bicyclic) bond motifs is 2. The molecule has 0 spiro atoms. The van der Waals surface area contributed by atoms with Crippen LogP contribution in [0, 0.1) is 10.1 Å². The van der Waals surface area contributed by atoms with E-state index in [0.717, 1.165) is 14.6 Å². The third-order valence-electron chi connectivity index (χ3n) is 2.99. The predicted molar refractivity (Wildman–Crippen MR) is 92.4 cm³/mol. The summed E-state index contributed by atoms with van der Waals surface area (Å²) >= 11 is 6.60. The molecule has 0 atom stereocenters. The van der Waals surface area contributed by atoms with E-state index in [1.54, 1.807) is 24.5 Å². The van der Waals surface area contributed by atoms with Gasteiger partial charge in [-0.2, -0.15) is 4.40 Å². The first-order valence-electron chi connectivity index (χ1n) is 6.40. The van der Waals surface area contributed by atoms with Crippen molar-refractivity contribution >= 4 is 49.0 Å². The van der Waals surface area contributed by atoms with Gasteiger partial charge in [-0.05, 0) is 55.0 Å². The SMILES string of the molecule is Brc1ccc2nccn2c1.O=[N+]([O-])c1cnc2ccc(Br)cn12. The monoisotopic (exact) mass is 437 g/mol. The van der Waals surface area contributed by atoms with Gasteiger partial charge in [-0.1, -0.05) is 0 Å². The van der Waals surface area contributed by atoms with Gasteiger partial charge in [0.05, 0.1) is 4.47 Å². The fraction of sp³-hybridized carbons (Fsp3) is 0. The average molecular weight is 439 g/mol. The van der Waals surface area contributed by atoms with Crippen LogP contribution < -0.4 is 0 Å². The highest BCUT2D eigenvalue weighted by Crippen LogP contribution is 2.17. The molecule has 0 aliphatic carbocycles. The van der Waals surface area contributed by atoms with Crippen molar-refractivity contribution in [3.63, 3.8) is 0 Å². The van der Waals surface area contributed by atoms with Crippen LogP contribution in [0.3, 0.4) is 0 Å². The highest BCUT2D eigenvalue weighted by molar-refractivity contribution is 9.10. The molecule has 4 aromatic heterocycles. The number of hydrogen-bond donors (Lipinski definition) is 0. The maximum Gasteiger partial charge on any atom is 0.347 e. The number of nitrogens with zero attached hydrogens (tertiary/aromatic N) is 5. The van der Waals surface area contributed by atoms with Crippen LogP contribution in [0.4, 0.5) is 5.82 Å². The molecular weight excluding hydrogens is 430 g/mol. The van der Waals surface area contributed by atoms with Crippen LogP contribution in [0.25, 0.3) is 11.3 Å². The normalized spacial score (nSPS) is 10.5. The minimum atomic E-state index is -0.466. The average Bonchev–Trinajstić information content (AvgIpc) is 3.13. The fourth-order valence-corrected chi connectivity index (χ4v) is 2.66. The molecule has 0 fully saturated rings. The molecule has 0 saturated heterocycles. The molecule has 9 heteroatoms. The summed E-state index contributed by atoms with van der Waals surface area (Å²) in [6.07, 6.45) is 8.52. The molecule has 116 valence electrons. The van der Waals surface area contributed by atoms with Crippen molar-refractivity contribution in [3.8, 4) is 0 Å². The summed E-state index contributed by atoms with van der Waals surface area (Å²) in [6.45, 7) is 0. The Bertz CT molecular complexity index is 995. The zero-order valence-electron chi connectivity index (χ0n) is 11.5. The summed E-state index contributed by atoms with van der Waals surface area (Å²) in [5, 5.41) is 10.5. The van der Waals surface area contributed by atoms with Gasteiger partial charge in [0.2, 0.25) is 5.65 Å². The first-order chi connectivity index (χ1) is 11.0. The Balaban J connectivity index is 0.000000140. The van der Waals surface area contributed by atoms with Crippen LogP contribution >= 0.6 is 31.9 Å². The van der Waals surface area contributed by atoms with Crippen LogP contribution in [-0.4, -0.2) is 23.7 Å². The van der Waals surface area contributed by atoms with Gasteiger partial charge in [-0.25, -0.2) is 9.97 Å². The maximum absolute atomic E-state index is 10.5. The van der Waals surface area contributed by atoms with Crippen molar-refractivity contribution in [3.05, 3.63) is 74.3 Å². The summed E-state index contributed by atoms with van der Waals surface area (Å²) in [6, 6.07) is 7.43. The minimum Gasteiger partial charge on any atom is -0.358 e. The molecular formula is C14H9Br2N5O2. The number of rotatable bonds is 1. The van der Waals surface area contributed by atoms with E-state index in [4.69, 9.17) is 0 Å². The lowest BCUT2D eigenvalue weighted by molar-refractivity contribution is -0.390. The van der Waals surface area contributed by atoms with Crippen molar-refractivity contribution in [1.29, 1.82) is 0 Å². The number of imidazole rings is 2. The molecule has 0 aliphatic heterocycles. The molecule has 23 heavy (non-hydrogen) atoms. The second-order valence-corrected chi connectivity index (χ2v) is 6.32. The Kier molecular flexibility index (Phi) is 4.39. The van der Waals surface area contributed by atoms with Crippen molar-refractivity contribution in [2.45, 2.75) is 0 Å². The van der Waals surface area contributed by atoms with Gasteiger partial charge in [-0.3, -0.25) is 0 Å². The van der Waals surface area contributed by atoms with Crippen molar-refractivity contribution in [2.24, 2.45) is 0 Å². The predicted octanol–water partition coefficient (Wildman–Crippen LogP) is 4.10. The summed E-state index contributed by atoms with van der Waals surface area (Å²) in [5.41, 5.74) is 1.54. The zero-order valence-corrected chi connectivity index (χ0v) is 14.7. The van der Waals surface area contributed by atoms with Crippen LogP contribution in [0.15, 0.2) is 64.2 Å². The van der Waals surface area contributed by atoms with Crippen LogP contribution in [0.1, 0.15) is 0 Å². The number of hydrogen-bond acceptors (Lipinski definition) is 4. The lowest BCUT2D eigenvalue weighted by atomic mass is 10.5. The topological polar surface area (TPSA) is 77.7 Å². The van der Waals surface area contributed by atoms with Crippen LogP contribution in [-0.2, 0) is 0 Å². The zero-order chi connectivity index (χ0) is 16.4. The smallest absolute Gasteiger partial charge is 0.347 e. The van der Waals surface area contributed by atoms with E-state index in [1.165, 1.54) is 10.6 Å². The molecule has 4 rings (SSSR count). The maximum atomic E-state index is 10.5. The second kappa shape index (κ2) is 6.47. The number of aromatic nitrogens is 4. The van der Waals surface area contributed by atoms with Gasteiger partial charge < -0.3 is 14.5 Å². The van der Waals surface area contributed by atoms with Gasteiger partial charge in [-0.15, -0.1) is 0 Å². The number of halogens is 2. The molecule has 4 aromatic rings. The minimum absolute atomic E-state index is 0.0312. The molecule has 0 amide bonds. The molecule has 7 nitrogen and oxygen atoms in total. The van der Waals surface area contributed by atoms with Crippen LogP contribution in [0.2, 0.25) is 0 Å². The standard InChI is InChI=1S/C7H4BrN3O2.C7H5BrN2/c8-5-1-2-6-9-3-7(11(12)13)10(6)4-5;8-6-1-2-7-9-3-4-10(7)5-6/h1-4H;1-5H. The van der Waals surface area contributed by atoms with E-state index in [2.05, 4.69) is 41.8 Å². The lowest BCUT2D eigenvalue weighted by Crippen LogP contribution is -1.93. The molecule has 0 bridgehead atoms. The highest BCUT2D eigenvalue weighted by Gasteiger charge is 2.12. The molecule has 0 aliphatic rings. The highest BCUT2D eigenvalue weighted by atomic mass is 79.9. The first kappa shape index (κ1) is 15.6. The van der Waals surface area contributed by atoms with E-state index in [1.807, 2.05) is 28.9 Å². The van der Waals surface area contributed by atoms with Gasteiger partial charge in [0.25, 0.3) is 0 Å². The molecule has 0 unspecified atom stereocenters. The Morgan fingerprint density at radius 3 is 2.43 bits per heavy atom. The number of nitro groups is 1. The van der Waals surface area contributed by atoms with E-state index in [0.29, 0.717) is 5.65 Å². The lowest BCUT2D eigenvalue weighted by Gasteiger charge is -1.92.